The summed E-state index contributed by atoms with van der Waals surface area (Å²) in [5.41, 5.74) is 0.961. The summed E-state index contributed by atoms with van der Waals surface area (Å²) >= 11 is 0. The van der Waals surface area contributed by atoms with Crippen molar-refractivity contribution in [1.82, 2.24) is 0 Å². The Morgan fingerprint density at radius 3 is 2.50 bits per heavy atom. The molecule has 0 aliphatic heterocycles. The first-order chi connectivity index (χ1) is 7.60. The Morgan fingerprint density at radius 2 is 2.00 bits per heavy atom. The van der Waals surface area contributed by atoms with Crippen LogP contribution in [0.2, 0.25) is 0 Å². The van der Waals surface area contributed by atoms with Crippen LogP contribution in [0.3, 0.4) is 0 Å². The Balaban J connectivity index is 4.28. The SMILES string of the molecule is C\C=C/C=C\C(C)=C\OC(CC(C)=O)=NC. The van der Waals surface area contributed by atoms with E-state index in [-0.39, 0.29) is 12.2 Å². The molecule has 0 bridgehead atoms. The maximum atomic E-state index is 10.9. The van der Waals surface area contributed by atoms with Gasteiger partial charge in [0.1, 0.15) is 5.78 Å². The molecule has 0 heterocycles. The van der Waals surface area contributed by atoms with Gasteiger partial charge in [-0.05, 0) is 26.3 Å². The molecule has 0 spiro atoms. The minimum atomic E-state index is 0.0381. The van der Waals surface area contributed by atoms with Gasteiger partial charge in [-0.1, -0.05) is 24.3 Å². The molecule has 0 fully saturated rings. The van der Waals surface area contributed by atoms with Crippen LogP contribution in [-0.4, -0.2) is 18.7 Å². The molecule has 16 heavy (non-hydrogen) atoms. The summed E-state index contributed by atoms with van der Waals surface area (Å²) in [6, 6.07) is 0. The third kappa shape index (κ3) is 7.74. The molecule has 3 nitrogen and oxygen atoms in total. The van der Waals surface area contributed by atoms with Crippen LogP contribution < -0.4 is 0 Å². The van der Waals surface area contributed by atoms with Crippen molar-refractivity contribution < 1.29 is 9.53 Å². The van der Waals surface area contributed by atoms with E-state index in [1.807, 2.05) is 38.2 Å². The Hall–Kier alpha value is -1.64. The molecule has 0 rings (SSSR count). The molecule has 0 unspecified atom stereocenters. The molecule has 0 aliphatic carbocycles. The molecule has 0 atom stereocenters. The number of rotatable bonds is 5. The highest BCUT2D eigenvalue weighted by atomic mass is 16.5. The molecular formula is C13H19NO2. The second-order valence-electron chi connectivity index (χ2n) is 3.36. The lowest BCUT2D eigenvalue weighted by Gasteiger charge is -2.02. The largest absolute Gasteiger partial charge is 0.450 e. The molecule has 0 aromatic carbocycles. The van der Waals surface area contributed by atoms with Gasteiger partial charge in [0.2, 0.25) is 0 Å². The molecule has 0 aromatic rings. The molecule has 0 aliphatic rings. The molecule has 0 saturated heterocycles. The molecule has 3 heteroatoms. The summed E-state index contributed by atoms with van der Waals surface area (Å²) in [5, 5.41) is 0. The highest BCUT2D eigenvalue weighted by molar-refractivity contribution is 5.97. The lowest BCUT2D eigenvalue weighted by molar-refractivity contribution is -0.116. The molecule has 0 radical (unpaired) electrons. The highest BCUT2D eigenvalue weighted by Crippen LogP contribution is 1.99. The van der Waals surface area contributed by atoms with Gasteiger partial charge in [0, 0.05) is 7.05 Å². The van der Waals surface area contributed by atoms with Crippen molar-refractivity contribution in [2.45, 2.75) is 27.2 Å². The van der Waals surface area contributed by atoms with Crippen LogP contribution in [0.5, 0.6) is 0 Å². The summed E-state index contributed by atoms with van der Waals surface area (Å²) in [5.74, 6) is 0.474. The molecular weight excluding hydrogens is 202 g/mol. The number of Topliss-reactive ketones (excluding diaryl/α,β-unsaturated/α-hetero) is 1. The molecule has 0 amide bonds. The van der Waals surface area contributed by atoms with E-state index in [1.165, 1.54) is 6.92 Å². The van der Waals surface area contributed by atoms with Crippen molar-refractivity contribution in [3.63, 3.8) is 0 Å². The van der Waals surface area contributed by atoms with Crippen LogP contribution in [0.4, 0.5) is 0 Å². The summed E-state index contributed by atoms with van der Waals surface area (Å²) in [7, 11) is 1.61. The fraction of sp³-hybridized carbons (Fsp3) is 0.385. The number of nitrogens with zero attached hydrogens (tertiary/aromatic N) is 1. The van der Waals surface area contributed by atoms with Gasteiger partial charge >= 0.3 is 0 Å². The van der Waals surface area contributed by atoms with Crippen molar-refractivity contribution >= 4 is 11.7 Å². The average molecular weight is 221 g/mol. The van der Waals surface area contributed by atoms with Crippen molar-refractivity contribution in [2.24, 2.45) is 4.99 Å². The van der Waals surface area contributed by atoms with E-state index in [2.05, 4.69) is 4.99 Å². The fourth-order valence-electron chi connectivity index (χ4n) is 0.905. The predicted molar refractivity (Wildman–Crippen MR) is 67.5 cm³/mol. The lowest BCUT2D eigenvalue weighted by Crippen LogP contribution is -2.06. The Morgan fingerprint density at radius 1 is 1.31 bits per heavy atom. The first-order valence-electron chi connectivity index (χ1n) is 5.18. The van der Waals surface area contributed by atoms with Crippen molar-refractivity contribution in [2.75, 3.05) is 7.05 Å². The monoisotopic (exact) mass is 221 g/mol. The molecule has 0 saturated carbocycles. The number of aliphatic imine (C=N–C) groups is 1. The van der Waals surface area contributed by atoms with E-state index in [0.717, 1.165) is 5.57 Å². The summed E-state index contributed by atoms with van der Waals surface area (Å²) in [6.07, 6.45) is 9.54. The topological polar surface area (TPSA) is 38.7 Å². The zero-order valence-corrected chi connectivity index (χ0v) is 10.4. The minimum Gasteiger partial charge on any atom is -0.450 e. The molecule has 88 valence electrons. The van der Waals surface area contributed by atoms with Crippen LogP contribution in [0, 0.1) is 0 Å². The van der Waals surface area contributed by atoms with Crippen LogP contribution in [0.1, 0.15) is 27.2 Å². The first kappa shape index (κ1) is 14.4. The smallest absolute Gasteiger partial charge is 0.196 e. The predicted octanol–water partition coefficient (Wildman–Crippen LogP) is 3.05. The van der Waals surface area contributed by atoms with Crippen LogP contribution in [0.15, 0.2) is 41.1 Å². The standard InChI is InChI=1S/C13H19NO2/c1-5-6-7-8-11(2)10-16-13(14-4)9-12(3)15/h5-8,10H,9H2,1-4H3/b6-5-,8-7-,11-10+,14-13?. The first-order valence-corrected chi connectivity index (χ1v) is 5.18. The van der Waals surface area contributed by atoms with E-state index < -0.39 is 0 Å². The van der Waals surface area contributed by atoms with E-state index >= 15 is 0 Å². The number of allylic oxidation sites excluding steroid dienone is 5. The zero-order chi connectivity index (χ0) is 12.4. The van der Waals surface area contributed by atoms with Gasteiger partial charge in [-0.15, -0.1) is 0 Å². The van der Waals surface area contributed by atoms with E-state index in [0.29, 0.717) is 5.90 Å². The highest BCUT2D eigenvalue weighted by Gasteiger charge is 2.01. The van der Waals surface area contributed by atoms with Crippen molar-refractivity contribution in [3.8, 4) is 0 Å². The van der Waals surface area contributed by atoms with Gasteiger partial charge in [-0.25, -0.2) is 0 Å². The van der Waals surface area contributed by atoms with Gasteiger partial charge in [0.05, 0.1) is 12.7 Å². The second kappa shape index (κ2) is 8.65. The normalized spacial score (nSPS) is 13.8. The Bertz CT molecular complexity index is 336. The van der Waals surface area contributed by atoms with Gasteiger partial charge in [0.15, 0.2) is 5.90 Å². The van der Waals surface area contributed by atoms with E-state index in [1.54, 1.807) is 13.3 Å². The summed E-state index contributed by atoms with van der Waals surface area (Å²) < 4.78 is 5.29. The number of hydrogen-bond donors (Lipinski definition) is 0. The van der Waals surface area contributed by atoms with Gasteiger partial charge in [0.25, 0.3) is 0 Å². The molecule has 0 N–H and O–H groups in total. The van der Waals surface area contributed by atoms with Gasteiger partial charge in [-0.3, -0.25) is 9.79 Å². The Labute approximate surface area is 97.2 Å². The van der Waals surface area contributed by atoms with E-state index in [4.69, 9.17) is 4.74 Å². The zero-order valence-electron chi connectivity index (χ0n) is 10.4. The third-order valence-electron chi connectivity index (χ3n) is 1.69. The Kier molecular flexibility index (Phi) is 7.76. The second-order valence-corrected chi connectivity index (χ2v) is 3.36. The fourth-order valence-corrected chi connectivity index (χ4v) is 0.905. The maximum absolute atomic E-state index is 10.9. The average Bonchev–Trinajstić information content (AvgIpc) is 2.24. The van der Waals surface area contributed by atoms with Crippen molar-refractivity contribution in [1.29, 1.82) is 0 Å². The van der Waals surface area contributed by atoms with Crippen molar-refractivity contribution in [3.05, 3.63) is 36.1 Å². The van der Waals surface area contributed by atoms with Crippen LogP contribution >= 0.6 is 0 Å². The minimum absolute atomic E-state index is 0.0381. The lowest BCUT2D eigenvalue weighted by atomic mass is 10.3. The summed E-state index contributed by atoms with van der Waals surface area (Å²) in [4.78, 5) is 14.8. The summed E-state index contributed by atoms with van der Waals surface area (Å²) in [6.45, 7) is 5.38. The van der Waals surface area contributed by atoms with Crippen LogP contribution in [0.25, 0.3) is 0 Å². The number of ether oxygens (including phenoxy) is 1. The maximum Gasteiger partial charge on any atom is 0.196 e. The third-order valence-corrected chi connectivity index (χ3v) is 1.69. The van der Waals surface area contributed by atoms with Gasteiger partial charge in [-0.2, -0.15) is 0 Å². The quantitative estimate of drug-likeness (QED) is 0.310. The number of carbonyl (C=O) groups is 1. The molecule has 0 aromatic heterocycles. The van der Waals surface area contributed by atoms with Gasteiger partial charge < -0.3 is 4.74 Å². The number of carbonyl (C=O) groups excluding carboxylic acids is 1. The number of ketones is 1. The van der Waals surface area contributed by atoms with E-state index in [9.17, 15) is 4.79 Å². The van der Waals surface area contributed by atoms with Crippen LogP contribution in [-0.2, 0) is 9.53 Å². The number of hydrogen-bond acceptors (Lipinski definition) is 3.